The molecule has 0 aliphatic carbocycles. The summed E-state index contributed by atoms with van der Waals surface area (Å²) in [6, 6.07) is 0. The topological polar surface area (TPSA) is 79.8 Å². The van der Waals surface area contributed by atoms with Crippen LogP contribution in [0.2, 0.25) is 0 Å². The highest BCUT2D eigenvalue weighted by Gasteiger charge is 2.47. The molecule has 2 fully saturated rings. The highest BCUT2D eigenvalue weighted by molar-refractivity contribution is 9.10. The van der Waals surface area contributed by atoms with Crippen LogP contribution >= 0.6 is 15.9 Å². The van der Waals surface area contributed by atoms with E-state index in [-0.39, 0.29) is 5.41 Å². The Morgan fingerprint density at radius 2 is 1.96 bits per heavy atom. The van der Waals surface area contributed by atoms with Crippen LogP contribution in [0.25, 0.3) is 5.52 Å². The van der Waals surface area contributed by atoms with E-state index in [1.807, 2.05) is 22.5 Å². The van der Waals surface area contributed by atoms with Crippen LogP contribution in [0.1, 0.15) is 19.3 Å². The molecule has 2 aliphatic heterocycles. The summed E-state index contributed by atoms with van der Waals surface area (Å²) in [7, 11) is 1.90. The summed E-state index contributed by atoms with van der Waals surface area (Å²) < 4.78 is 2.67. The maximum Gasteiger partial charge on any atom is 0.228 e. The van der Waals surface area contributed by atoms with Crippen molar-refractivity contribution in [2.45, 2.75) is 19.3 Å². The number of imidazole rings is 1. The van der Waals surface area contributed by atoms with Crippen LogP contribution in [0.15, 0.2) is 17.0 Å². The maximum absolute atomic E-state index is 12.4. The van der Waals surface area contributed by atoms with Crippen molar-refractivity contribution in [3.63, 3.8) is 0 Å². The fourth-order valence-corrected chi connectivity index (χ4v) is 4.38. The molecule has 4 rings (SSSR count). The minimum absolute atomic E-state index is 0.157. The number of nitrogens with zero attached hydrogens (tertiary/aromatic N) is 5. The fourth-order valence-electron chi connectivity index (χ4n) is 3.82. The number of piperidine rings is 1. The van der Waals surface area contributed by atoms with Crippen molar-refractivity contribution in [2.24, 2.45) is 5.41 Å². The van der Waals surface area contributed by atoms with Crippen molar-refractivity contribution < 1.29 is 4.79 Å². The Bertz CT molecular complexity index is 780. The van der Waals surface area contributed by atoms with E-state index in [1.165, 1.54) is 0 Å². The summed E-state index contributed by atoms with van der Waals surface area (Å²) in [6.45, 7) is 2.53. The summed E-state index contributed by atoms with van der Waals surface area (Å²) in [4.78, 5) is 25.3. The predicted molar refractivity (Wildman–Crippen MR) is 91.2 cm³/mol. The van der Waals surface area contributed by atoms with Crippen molar-refractivity contribution in [3.8, 4) is 0 Å². The molecule has 2 aromatic heterocycles. The number of fused-ring (bicyclic) bond motifs is 1. The third-order valence-electron chi connectivity index (χ3n) is 5.25. The predicted octanol–water partition coefficient (Wildman–Crippen LogP) is 1.52. The van der Waals surface area contributed by atoms with Gasteiger partial charge in [-0.1, -0.05) is 0 Å². The first-order valence-corrected chi connectivity index (χ1v) is 8.60. The van der Waals surface area contributed by atoms with Crippen molar-refractivity contribution in [1.29, 1.82) is 0 Å². The molecule has 0 bridgehead atoms. The van der Waals surface area contributed by atoms with Gasteiger partial charge in [0.15, 0.2) is 5.82 Å². The number of aromatic nitrogens is 3. The second-order valence-corrected chi connectivity index (χ2v) is 7.23. The van der Waals surface area contributed by atoms with Crippen molar-refractivity contribution in [3.05, 3.63) is 17.0 Å². The van der Waals surface area contributed by atoms with Crippen molar-refractivity contribution in [1.82, 2.24) is 19.3 Å². The third-order valence-corrected chi connectivity index (χ3v) is 5.80. The van der Waals surface area contributed by atoms with Gasteiger partial charge < -0.3 is 15.5 Å². The first-order valence-electron chi connectivity index (χ1n) is 7.80. The van der Waals surface area contributed by atoms with Crippen LogP contribution in [0, 0.1) is 5.41 Å². The van der Waals surface area contributed by atoms with E-state index >= 15 is 0 Å². The van der Waals surface area contributed by atoms with Gasteiger partial charge in [-0.25, -0.2) is 9.97 Å². The number of nitrogen functional groups attached to an aromatic ring is 1. The Balaban J connectivity index is 1.62. The van der Waals surface area contributed by atoms with Gasteiger partial charge >= 0.3 is 0 Å². The van der Waals surface area contributed by atoms with Crippen LogP contribution in [0.5, 0.6) is 0 Å². The lowest BCUT2D eigenvalue weighted by Crippen LogP contribution is -2.44. The number of rotatable bonds is 1. The van der Waals surface area contributed by atoms with Gasteiger partial charge in [-0.15, -0.1) is 0 Å². The van der Waals surface area contributed by atoms with Gasteiger partial charge in [0.1, 0.15) is 10.1 Å². The van der Waals surface area contributed by atoms with E-state index in [9.17, 15) is 4.79 Å². The van der Waals surface area contributed by atoms with E-state index in [4.69, 9.17) is 5.73 Å². The average molecular weight is 379 g/mol. The normalized spacial score (nSPS) is 20.9. The summed E-state index contributed by atoms with van der Waals surface area (Å²) in [6.07, 6.45) is 6.28. The van der Waals surface area contributed by atoms with Crippen LogP contribution < -0.4 is 10.6 Å². The van der Waals surface area contributed by atoms with E-state index in [0.717, 1.165) is 50.4 Å². The van der Waals surface area contributed by atoms with Gasteiger partial charge in [0.25, 0.3) is 0 Å². The van der Waals surface area contributed by atoms with Gasteiger partial charge in [0.2, 0.25) is 11.9 Å². The second-order valence-electron chi connectivity index (χ2n) is 6.48. The maximum atomic E-state index is 12.4. The number of nitrogens with two attached hydrogens (primary N) is 1. The molecule has 8 heteroatoms. The lowest BCUT2D eigenvalue weighted by Gasteiger charge is -2.37. The average Bonchev–Trinajstić information content (AvgIpc) is 3.03. The molecule has 0 atom stereocenters. The number of hydrogen-bond acceptors (Lipinski definition) is 5. The molecule has 1 spiro atoms. The molecule has 23 heavy (non-hydrogen) atoms. The number of amides is 1. The zero-order valence-corrected chi connectivity index (χ0v) is 14.6. The molecule has 1 amide bonds. The first kappa shape index (κ1) is 14.7. The first-order chi connectivity index (χ1) is 11.0. The molecular weight excluding hydrogens is 360 g/mol. The van der Waals surface area contributed by atoms with E-state index < -0.39 is 0 Å². The third kappa shape index (κ3) is 2.11. The number of likely N-dealkylation sites (tertiary alicyclic amines) is 1. The van der Waals surface area contributed by atoms with Crippen LogP contribution in [-0.4, -0.2) is 51.9 Å². The number of halogens is 1. The fraction of sp³-hybridized carbons (Fsp3) is 0.533. The Morgan fingerprint density at radius 1 is 1.26 bits per heavy atom. The standard InChI is InChI=1S/C15H19BrN6O/c1-20-6-2-15(13(20)23)3-7-21(8-4-15)14-19-11(16)10-12(17)18-5-9-22(10)14/h5,9H,2-4,6-8H2,1H3,(H2,17,18). The van der Waals surface area contributed by atoms with Gasteiger partial charge in [0, 0.05) is 39.1 Å². The summed E-state index contributed by atoms with van der Waals surface area (Å²) in [5, 5.41) is 0. The number of hydrogen-bond donors (Lipinski definition) is 1. The summed E-state index contributed by atoms with van der Waals surface area (Å²) in [5.41, 5.74) is 6.59. The minimum Gasteiger partial charge on any atom is -0.382 e. The van der Waals surface area contributed by atoms with E-state index in [2.05, 4.69) is 30.8 Å². The molecule has 0 unspecified atom stereocenters. The molecule has 0 aromatic carbocycles. The van der Waals surface area contributed by atoms with Gasteiger partial charge in [-0.3, -0.25) is 9.20 Å². The van der Waals surface area contributed by atoms with Gasteiger partial charge in [-0.05, 0) is 35.2 Å². The molecule has 2 aliphatic rings. The Labute approximate surface area is 142 Å². The molecular formula is C15H19BrN6O. The highest BCUT2D eigenvalue weighted by atomic mass is 79.9. The molecule has 2 aromatic rings. The SMILES string of the molecule is CN1CCC2(CCN(c3nc(Br)c4c(N)nccn34)CC2)C1=O. The number of anilines is 2. The molecule has 0 radical (unpaired) electrons. The monoisotopic (exact) mass is 378 g/mol. The molecule has 122 valence electrons. The lowest BCUT2D eigenvalue weighted by molar-refractivity contribution is -0.135. The smallest absolute Gasteiger partial charge is 0.228 e. The molecule has 2 saturated heterocycles. The Morgan fingerprint density at radius 3 is 2.61 bits per heavy atom. The number of carbonyl (C=O) groups excluding carboxylic acids is 1. The van der Waals surface area contributed by atoms with Gasteiger partial charge in [0.05, 0.1) is 5.41 Å². The second kappa shape index (κ2) is 5.09. The van der Waals surface area contributed by atoms with Crippen LogP contribution in [-0.2, 0) is 4.79 Å². The zero-order valence-electron chi connectivity index (χ0n) is 13.0. The van der Waals surface area contributed by atoms with Crippen LogP contribution in [0.4, 0.5) is 11.8 Å². The van der Waals surface area contributed by atoms with E-state index in [0.29, 0.717) is 16.3 Å². The van der Waals surface area contributed by atoms with Crippen molar-refractivity contribution >= 4 is 39.1 Å². The minimum atomic E-state index is -0.157. The quantitative estimate of drug-likeness (QED) is 0.813. The molecule has 7 nitrogen and oxygen atoms in total. The Hall–Kier alpha value is -1.83. The molecule has 4 heterocycles. The number of carbonyl (C=O) groups is 1. The van der Waals surface area contributed by atoms with Crippen molar-refractivity contribution in [2.75, 3.05) is 37.3 Å². The highest BCUT2D eigenvalue weighted by Crippen LogP contribution is 2.42. The zero-order chi connectivity index (χ0) is 16.2. The Kier molecular flexibility index (Phi) is 3.26. The molecule has 0 saturated carbocycles. The molecule has 2 N–H and O–H groups in total. The van der Waals surface area contributed by atoms with Crippen LogP contribution in [0.3, 0.4) is 0 Å². The summed E-state index contributed by atoms with van der Waals surface area (Å²) >= 11 is 3.47. The van der Waals surface area contributed by atoms with Gasteiger partial charge in [-0.2, -0.15) is 0 Å². The largest absolute Gasteiger partial charge is 0.382 e. The lowest BCUT2D eigenvalue weighted by atomic mass is 9.77. The summed E-state index contributed by atoms with van der Waals surface area (Å²) in [5.74, 6) is 1.62. The van der Waals surface area contributed by atoms with E-state index in [1.54, 1.807) is 6.20 Å².